The molecule has 3 amide bonds. The molecule has 0 aliphatic carbocycles. The molecule has 3 rings (SSSR count). The van der Waals surface area contributed by atoms with E-state index in [4.69, 9.17) is 5.41 Å². The summed E-state index contributed by atoms with van der Waals surface area (Å²) in [5.74, 6) is -0.278. The third kappa shape index (κ3) is 3.95. The van der Waals surface area contributed by atoms with Crippen LogP contribution in [0.25, 0.3) is 0 Å². The quantitative estimate of drug-likeness (QED) is 0.605. The summed E-state index contributed by atoms with van der Waals surface area (Å²) in [6, 6.07) is 12.1. The molecule has 0 unspecified atom stereocenters. The number of carbonyl (C=O) groups is 2. The maximum Gasteiger partial charge on any atom is 0.320 e. The van der Waals surface area contributed by atoms with E-state index in [9.17, 15) is 14.7 Å². The lowest BCUT2D eigenvalue weighted by atomic mass is 10.1. The lowest BCUT2D eigenvalue weighted by molar-refractivity contribution is -0.127. The molecule has 1 fully saturated rings. The van der Waals surface area contributed by atoms with Crippen molar-refractivity contribution in [1.82, 2.24) is 10.3 Å². The number of pyridine rings is 1. The number of amides is 3. The van der Waals surface area contributed by atoms with Crippen LogP contribution >= 0.6 is 0 Å². The van der Waals surface area contributed by atoms with Crippen molar-refractivity contribution in [3.8, 4) is 0 Å². The maximum absolute atomic E-state index is 12.3. The minimum atomic E-state index is -1.76. The van der Waals surface area contributed by atoms with Gasteiger partial charge in [-0.05, 0) is 18.6 Å². The number of hydrogen-bond donors (Lipinski definition) is 4. The van der Waals surface area contributed by atoms with Gasteiger partial charge in [0.1, 0.15) is 5.82 Å². The molecule has 27 heavy (non-hydrogen) atoms. The molecule has 0 radical (unpaired) electrons. The van der Waals surface area contributed by atoms with Crippen LogP contribution in [0.4, 0.5) is 16.3 Å². The fourth-order valence-electron chi connectivity index (χ4n) is 2.93. The number of hydrogen-bond acceptors (Lipinski definition) is 5. The van der Waals surface area contributed by atoms with Crippen LogP contribution in [0.1, 0.15) is 24.9 Å². The summed E-state index contributed by atoms with van der Waals surface area (Å²) >= 11 is 0. The molecule has 2 heterocycles. The average molecular weight is 367 g/mol. The van der Waals surface area contributed by atoms with Crippen molar-refractivity contribution in [3.05, 3.63) is 54.2 Å². The maximum atomic E-state index is 12.3. The van der Waals surface area contributed by atoms with E-state index >= 15 is 0 Å². The first-order valence-corrected chi connectivity index (χ1v) is 8.57. The fourth-order valence-corrected chi connectivity index (χ4v) is 2.93. The number of carbonyl (C=O) groups excluding carboxylic acids is 2. The number of nitrogens with one attached hydrogen (secondary N) is 3. The summed E-state index contributed by atoms with van der Waals surface area (Å²) in [4.78, 5) is 30.0. The number of rotatable bonds is 5. The molecule has 1 saturated heterocycles. The van der Waals surface area contributed by atoms with Gasteiger partial charge < -0.3 is 20.7 Å². The van der Waals surface area contributed by atoms with Crippen LogP contribution in [0, 0.1) is 5.41 Å². The van der Waals surface area contributed by atoms with Gasteiger partial charge in [-0.2, -0.15) is 0 Å². The van der Waals surface area contributed by atoms with Gasteiger partial charge >= 0.3 is 6.03 Å². The predicted octanol–water partition coefficient (Wildman–Crippen LogP) is 2.08. The molecular formula is C19H21N5O3. The highest BCUT2D eigenvalue weighted by Gasteiger charge is 2.44. The van der Waals surface area contributed by atoms with Crippen LogP contribution in [-0.4, -0.2) is 40.4 Å². The van der Waals surface area contributed by atoms with E-state index in [1.807, 2.05) is 37.3 Å². The molecule has 140 valence electrons. The van der Waals surface area contributed by atoms with Gasteiger partial charge in [-0.3, -0.25) is 10.1 Å². The van der Waals surface area contributed by atoms with Gasteiger partial charge in [0.2, 0.25) is 0 Å². The molecule has 1 aliphatic heterocycles. The Morgan fingerprint density at radius 2 is 2.11 bits per heavy atom. The third-order valence-corrected chi connectivity index (χ3v) is 4.51. The zero-order chi connectivity index (χ0) is 19.4. The molecule has 2 aromatic rings. The highest BCUT2D eigenvalue weighted by atomic mass is 16.3. The Morgan fingerprint density at radius 3 is 2.78 bits per heavy atom. The zero-order valence-corrected chi connectivity index (χ0v) is 14.8. The molecular weight excluding hydrogens is 346 g/mol. The Hall–Kier alpha value is -3.26. The van der Waals surface area contributed by atoms with Crippen LogP contribution in [0.15, 0.2) is 48.7 Å². The van der Waals surface area contributed by atoms with E-state index < -0.39 is 17.5 Å². The van der Waals surface area contributed by atoms with Crippen LogP contribution in [0.2, 0.25) is 0 Å². The second-order valence-corrected chi connectivity index (χ2v) is 6.41. The first-order valence-electron chi connectivity index (χ1n) is 8.57. The molecule has 0 spiro atoms. The van der Waals surface area contributed by atoms with E-state index in [0.717, 1.165) is 11.8 Å². The van der Waals surface area contributed by atoms with E-state index in [0.29, 0.717) is 5.69 Å². The van der Waals surface area contributed by atoms with Crippen LogP contribution in [0.3, 0.4) is 0 Å². The monoisotopic (exact) mass is 367 g/mol. The zero-order valence-electron chi connectivity index (χ0n) is 14.8. The minimum absolute atomic E-state index is 0.148. The lowest BCUT2D eigenvalue weighted by Gasteiger charge is -2.19. The van der Waals surface area contributed by atoms with E-state index in [-0.39, 0.29) is 24.8 Å². The van der Waals surface area contributed by atoms with E-state index in [1.165, 1.54) is 11.1 Å². The summed E-state index contributed by atoms with van der Waals surface area (Å²) in [6.07, 6.45) is 2.38. The highest BCUT2D eigenvalue weighted by Crippen LogP contribution is 2.28. The van der Waals surface area contributed by atoms with Gasteiger partial charge in [0, 0.05) is 37.1 Å². The third-order valence-electron chi connectivity index (χ3n) is 4.51. The number of benzene rings is 1. The van der Waals surface area contributed by atoms with Crippen molar-refractivity contribution in [1.29, 1.82) is 5.41 Å². The molecule has 0 saturated carbocycles. The fraction of sp³-hybridized carbons (Fsp3) is 0.263. The van der Waals surface area contributed by atoms with E-state index in [1.54, 1.807) is 12.1 Å². The smallest absolute Gasteiger partial charge is 0.320 e. The molecule has 8 heteroatoms. The normalized spacial score (nSPS) is 20.2. The van der Waals surface area contributed by atoms with Gasteiger partial charge in [0.25, 0.3) is 5.91 Å². The van der Waals surface area contributed by atoms with Crippen molar-refractivity contribution in [2.24, 2.45) is 0 Å². The Balaban J connectivity index is 1.67. The van der Waals surface area contributed by atoms with Gasteiger partial charge in [-0.15, -0.1) is 0 Å². The number of aromatic nitrogens is 1. The first-order chi connectivity index (χ1) is 12.9. The second-order valence-electron chi connectivity index (χ2n) is 6.41. The number of urea groups is 1. The summed E-state index contributed by atoms with van der Waals surface area (Å²) in [5, 5.41) is 22.8. The minimum Gasteiger partial charge on any atom is -0.375 e. The number of nitrogens with zero attached hydrogens (tertiary/aromatic N) is 2. The van der Waals surface area contributed by atoms with Crippen molar-refractivity contribution in [2.45, 2.75) is 25.0 Å². The molecule has 1 aromatic carbocycles. The first kappa shape index (κ1) is 18.5. The predicted molar refractivity (Wildman–Crippen MR) is 102 cm³/mol. The van der Waals surface area contributed by atoms with Crippen molar-refractivity contribution in [2.75, 3.05) is 16.8 Å². The molecule has 4 N–H and O–H groups in total. The Morgan fingerprint density at radius 1 is 1.37 bits per heavy atom. The summed E-state index contributed by atoms with van der Waals surface area (Å²) < 4.78 is 0. The standard InChI is InChI=1S/C19H21N5O3/c1-13(14-5-3-2-4-6-14)22-18(26)23-16-11-15(7-9-21-16)24-10-8-19(27,12-20)17(24)25/h2-7,9,11-13,20,27H,8,10H2,1H3,(H2,21,22,23,26)/t13-,19+/m1/s1. The lowest BCUT2D eigenvalue weighted by Crippen LogP contribution is -2.41. The van der Waals surface area contributed by atoms with Gasteiger partial charge in [0.05, 0.1) is 6.04 Å². The van der Waals surface area contributed by atoms with Gasteiger partial charge in [-0.1, -0.05) is 30.3 Å². The Kier molecular flexibility index (Phi) is 5.18. The molecule has 1 aliphatic rings. The number of anilines is 2. The average Bonchev–Trinajstić information content (AvgIpc) is 2.98. The van der Waals surface area contributed by atoms with Crippen LogP contribution < -0.4 is 15.5 Å². The molecule has 1 aromatic heterocycles. The topological polar surface area (TPSA) is 118 Å². The molecule has 0 bridgehead atoms. The van der Waals surface area contributed by atoms with Gasteiger partial charge in [-0.25, -0.2) is 9.78 Å². The van der Waals surface area contributed by atoms with E-state index in [2.05, 4.69) is 15.6 Å². The van der Waals surface area contributed by atoms with Gasteiger partial charge in [0.15, 0.2) is 5.60 Å². The van der Waals surface area contributed by atoms with Crippen LogP contribution in [-0.2, 0) is 4.79 Å². The molecule has 8 nitrogen and oxygen atoms in total. The van der Waals surface area contributed by atoms with Crippen molar-refractivity contribution in [3.63, 3.8) is 0 Å². The van der Waals surface area contributed by atoms with Crippen molar-refractivity contribution < 1.29 is 14.7 Å². The number of aliphatic hydroxyl groups is 1. The Labute approximate surface area is 156 Å². The molecule has 2 atom stereocenters. The summed E-state index contributed by atoms with van der Waals surface area (Å²) in [6.45, 7) is 2.16. The highest BCUT2D eigenvalue weighted by molar-refractivity contribution is 6.11. The summed E-state index contributed by atoms with van der Waals surface area (Å²) in [7, 11) is 0. The van der Waals surface area contributed by atoms with Crippen LogP contribution in [0.5, 0.6) is 0 Å². The SMILES string of the molecule is C[C@@H](NC(=O)Nc1cc(N2CC[C@](O)(C=N)C2=O)ccn1)c1ccccc1. The largest absolute Gasteiger partial charge is 0.375 e. The Bertz CT molecular complexity index is 857. The second kappa shape index (κ2) is 7.55. The van der Waals surface area contributed by atoms with Crippen molar-refractivity contribution >= 4 is 29.7 Å². The summed E-state index contributed by atoms with van der Waals surface area (Å²) in [5.41, 5.74) is -0.290.